The van der Waals surface area contributed by atoms with Crippen LogP contribution in [0.3, 0.4) is 0 Å². The fraction of sp³-hybridized carbons (Fsp3) is 0.250. The zero-order valence-electron chi connectivity index (χ0n) is 8.18. The van der Waals surface area contributed by atoms with E-state index in [9.17, 15) is 4.79 Å². The van der Waals surface area contributed by atoms with Gasteiger partial charge in [0.15, 0.2) is 0 Å². The molecule has 74 valence electrons. The van der Waals surface area contributed by atoms with Crippen LogP contribution in [0, 0.1) is 0 Å². The summed E-state index contributed by atoms with van der Waals surface area (Å²) in [5, 5.41) is 8.45. The Morgan fingerprint density at radius 2 is 2.07 bits per heavy atom. The van der Waals surface area contributed by atoms with E-state index in [2.05, 4.69) is 0 Å². The molecule has 14 heavy (non-hydrogen) atoms. The smallest absolute Gasteiger partial charge is 0.307 e. The predicted octanol–water partition coefficient (Wildman–Crippen LogP) is 2.82. The van der Waals surface area contributed by atoms with Crippen molar-refractivity contribution in [2.75, 3.05) is 0 Å². The van der Waals surface area contributed by atoms with E-state index in [1.807, 2.05) is 43.3 Å². The van der Waals surface area contributed by atoms with E-state index < -0.39 is 5.97 Å². The Bertz CT molecular complexity index is 314. The normalized spacial score (nSPS) is 12.9. The third-order valence-electron chi connectivity index (χ3n) is 2.04. The van der Waals surface area contributed by atoms with E-state index in [0.29, 0.717) is 0 Å². The van der Waals surface area contributed by atoms with Gasteiger partial charge in [0, 0.05) is 0 Å². The summed E-state index contributed by atoms with van der Waals surface area (Å²) in [6, 6.07) is 10.0. The molecule has 0 saturated carbocycles. The van der Waals surface area contributed by atoms with E-state index >= 15 is 0 Å². The molecule has 0 fully saturated rings. The topological polar surface area (TPSA) is 37.3 Å². The van der Waals surface area contributed by atoms with Crippen LogP contribution in [0.4, 0.5) is 0 Å². The first-order valence-electron chi connectivity index (χ1n) is 4.63. The molecule has 0 bridgehead atoms. The van der Waals surface area contributed by atoms with Crippen molar-refractivity contribution >= 4 is 5.97 Å². The number of carboxylic acids is 1. The summed E-state index contributed by atoms with van der Waals surface area (Å²) in [6.45, 7) is 2.05. The first kappa shape index (κ1) is 10.5. The summed E-state index contributed by atoms with van der Waals surface area (Å²) < 4.78 is 0. The van der Waals surface area contributed by atoms with Crippen LogP contribution in [0.15, 0.2) is 42.5 Å². The molecule has 0 unspecified atom stereocenters. The molecule has 0 radical (unpaired) electrons. The zero-order valence-corrected chi connectivity index (χ0v) is 8.18. The number of hydrogen-bond acceptors (Lipinski definition) is 1. The summed E-state index contributed by atoms with van der Waals surface area (Å²) in [6.07, 6.45) is 3.71. The lowest BCUT2D eigenvalue weighted by Gasteiger charge is -2.05. The van der Waals surface area contributed by atoms with Gasteiger partial charge in [0.05, 0.1) is 6.42 Å². The van der Waals surface area contributed by atoms with Crippen molar-refractivity contribution in [3.05, 3.63) is 48.0 Å². The second-order valence-electron chi connectivity index (χ2n) is 3.23. The van der Waals surface area contributed by atoms with Crippen LogP contribution in [-0.4, -0.2) is 11.1 Å². The van der Waals surface area contributed by atoms with E-state index in [4.69, 9.17) is 5.11 Å². The van der Waals surface area contributed by atoms with Gasteiger partial charge in [0.2, 0.25) is 0 Å². The van der Waals surface area contributed by atoms with Crippen molar-refractivity contribution in [2.24, 2.45) is 0 Å². The lowest BCUT2D eigenvalue weighted by atomic mass is 10.0. The summed E-state index contributed by atoms with van der Waals surface area (Å²) in [5.41, 5.74) is 1.20. The highest BCUT2D eigenvalue weighted by atomic mass is 16.4. The van der Waals surface area contributed by atoms with Crippen molar-refractivity contribution in [1.82, 2.24) is 0 Å². The summed E-state index contributed by atoms with van der Waals surface area (Å²) in [4.78, 5) is 10.3. The molecule has 1 atom stereocenters. The second-order valence-corrected chi connectivity index (χ2v) is 3.23. The van der Waals surface area contributed by atoms with Gasteiger partial charge < -0.3 is 5.11 Å². The van der Waals surface area contributed by atoms with Crippen molar-refractivity contribution in [1.29, 1.82) is 0 Å². The number of hydrogen-bond donors (Lipinski definition) is 1. The van der Waals surface area contributed by atoms with Crippen LogP contribution in [0.25, 0.3) is 0 Å². The minimum Gasteiger partial charge on any atom is -0.481 e. The van der Waals surface area contributed by atoms with Crippen LogP contribution in [-0.2, 0) is 4.79 Å². The number of carboxylic acid groups (broad SMARTS) is 1. The minimum absolute atomic E-state index is 0.0944. The maximum atomic E-state index is 10.3. The maximum absolute atomic E-state index is 10.3. The number of rotatable bonds is 4. The standard InChI is InChI=1S/C12H14O2/c1-10(6-5-9-12(13)14)11-7-3-2-4-8-11/h2-8,10H,9H2,1H3,(H,13,14)/b6-5-/t10-/m1/s1. The van der Waals surface area contributed by atoms with Gasteiger partial charge >= 0.3 is 5.97 Å². The van der Waals surface area contributed by atoms with Crippen LogP contribution in [0.5, 0.6) is 0 Å². The molecule has 0 saturated heterocycles. The largest absolute Gasteiger partial charge is 0.481 e. The number of carbonyl (C=O) groups is 1. The summed E-state index contributed by atoms with van der Waals surface area (Å²) in [5.74, 6) is -0.517. The molecular formula is C12H14O2. The molecule has 0 amide bonds. The molecule has 1 aromatic carbocycles. The number of benzene rings is 1. The Morgan fingerprint density at radius 1 is 1.43 bits per heavy atom. The van der Waals surface area contributed by atoms with E-state index in [1.54, 1.807) is 6.08 Å². The Hall–Kier alpha value is -1.57. The van der Waals surface area contributed by atoms with Gasteiger partial charge in [0.1, 0.15) is 0 Å². The Kier molecular flexibility index (Phi) is 3.92. The molecule has 1 N–H and O–H groups in total. The quantitative estimate of drug-likeness (QED) is 0.741. The van der Waals surface area contributed by atoms with Crippen LogP contribution in [0.2, 0.25) is 0 Å². The fourth-order valence-electron chi connectivity index (χ4n) is 1.24. The molecule has 0 heterocycles. The molecule has 2 nitrogen and oxygen atoms in total. The average molecular weight is 190 g/mol. The molecule has 0 aliphatic carbocycles. The molecule has 0 aliphatic rings. The van der Waals surface area contributed by atoms with Gasteiger partial charge in [0.25, 0.3) is 0 Å². The Morgan fingerprint density at radius 3 is 2.64 bits per heavy atom. The van der Waals surface area contributed by atoms with Gasteiger partial charge in [-0.2, -0.15) is 0 Å². The van der Waals surface area contributed by atoms with Gasteiger partial charge in [-0.25, -0.2) is 0 Å². The van der Waals surface area contributed by atoms with Crippen LogP contribution < -0.4 is 0 Å². The van der Waals surface area contributed by atoms with Crippen molar-refractivity contribution in [3.8, 4) is 0 Å². The fourth-order valence-corrected chi connectivity index (χ4v) is 1.24. The highest BCUT2D eigenvalue weighted by molar-refractivity contribution is 5.68. The van der Waals surface area contributed by atoms with Crippen molar-refractivity contribution in [2.45, 2.75) is 19.3 Å². The van der Waals surface area contributed by atoms with Crippen molar-refractivity contribution < 1.29 is 9.90 Å². The molecule has 2 heteroatoms. The van der Waals surface area contributed by atoms with E-state index in [0.717, 1.165) is 0 Å². The monoisotopic (exact) mass is 190 g/mol. The van der Waals surface area contributed by atoms with Gasteiger partial charge in [-0.3, -0.25) is 4.79 Å². The zero-order chi connectivity index (χ0) is 10.4. The van der Waals surface area contributed by atoms with Crippen molar-refractivity contribution in [3.63, 3.8) is 0 Å². The maximum Gasteiger partial charge on any atom is 0.307 e. The van der Waals surface area contributed by atoms with Gasteiger partial charge in [-0.1, -0.05) is 49.4 Å². The molecule has 0 spiro atoms. The molecule has 0 aliphatic heterocycles. The Balaban J connectivity index is 2.54. The molecule has 0 aromatic heterocycles. The summed E-state index contributed by atoms with van der Waals surface area (Å²) in [7, 11) is 0. The molecule has 1 aromatic rings. The highest BCUT2D eigenvalue weighted by Gasteiger charge is 1.99. The average Bonchev–Trinajstić information content (AvgIpc) is 2.18. The summed E-state index contributed by atoms with van der Waals surface area (Å²) >= 11 is 0. The molecular weight excluding hydrogens is 176 g/mol. The van der Waals surface area contributed by atoms with Crippen LogP contribution >= 0.6 is 0 Å². The Labute approximate surface area is 83.9 Å². The van der Waals surface area contributed by atoms with E-state index in [-0.39, 0.29) is 12.3 Å². The lowest BCUT2D eigenvalue weighted by Crippen LogP contribution is -1.92. The minimum atomic E-state index is -0.790. The van der Waals surface area contributed by atoms with E-state index in [1.165, 1.54) is 5.56 Å². The SMILES string of the molecule is C[C@H](/C=C\CC(=O)O)c1ccccc1. The first-order valence-corrected chi connectivity index (χ1v) is 4.63. The van der Waals surface area contributed by atoms with Gasteiger partial charge in [-0.05, 0) is 11.5 Å². The number of aliphatic carboxylic acids is 1. The van der Waals surface area contributed by atoms with Gasteiger partial charge in [-0.15, -0.1) is 0 Å². The third-order valence-corrected chi connectivity index (χ3v) is 2.04. The predicted molar refractivity (Wildman–Crippen MR) is 56.2 cm³/mol. The first-order chi connectivity index (χ1) is 6.70. The highest BCUT2D eigenvalue weighted by Crippen LogP contribution is 2.15. The number of allylic oxidation sites excluding steroid dienone is 1. The lowest BCUT2D eigenvalue weighted by molar-refractivity contribution is -0.136. The molecule has 1 rings (SSSR count). The second kappa shape index (κ2) is 5.22. The van der Waals surface area contributed by atoms with Crippen LogP contribution in [0.1, 0.15) is 24.8 Å². The third kappa shape index (κ3) is 3.44.